The van der Waals surface area contributed by atoms with Crippen LogP contribution in [0.4, 0.5) is 10.2 Å². The molecule has 6 heterocycles. The van der Waals surface area contributed by atoms with Gasteiger partial charge in [0.05, 0.1) is 103 Å². The first-order valence-corrected chi connectivity index (χ1v) is 31.9. The average Bonchev–Trinajstić information content (AvgIpc) is 1.15. The van der Waals surface area contributed by atoms with Crippen LogP contribution in [-0.2, 0) is 35.1 Å². The van der Waals surface area contributed by atoms with Crippen LogP contribution in [0, 0.1) is 30.5 Å². The van der Waals surface area contributed by atoms with E-state index in [1.165, 1.54) is 28.4 Å². The van der Waals surface area contributed by atoms with Crippen LogP contribution in [0.25, 0.3) is 43.2 Å². The lowest BCUT2D eigenvalue weighted by Crippen LogP contribution is -2.48. The molecular formula is C65H79ClFN10O12S+. The predicted molar refractivity (Wildman–Crippen MR) is 339 cm³/mol. The van der Waals surface area contributed by atoms with E-state index in [9.17, 15) is 24.7 Å². The van der Waals surface area contributed by atoms with E-state index in [2.05, 4.69) is 32.0 Å². The number of rotatable bonds is 29. The van der Waals surface area contributed by atoms with Crippen molar-refractivity contribution in [1.82, 2.24) is 40.2 Å². The number of anilines is 1. The van der Waals surface area contributed by atoms with Crippen molar-refractivity contribution in [3.63, 3.8) is 0 Å². The summed E-state index contributed by atoms with van der Waals surface area (Å²) in [6.07, 6.45) is 0.943. The zero-order valence-corrected chi connectivity index (χ0v) is 53.1. The lowest BCUT2D eigenvalue weighted by molar-refractivity contribution is -0.657. The van der Waals surface area contributed by atoms with Crippen LogP contribution in [-0.4, -0.2) is 191 Å². The zero-order valence-electron chi connectivity index (χ0n) is 51.5. The van der Waals surface area contributed by atoms with Gasteiger partial charge in [0.25, 0.3) is 0 Å². The van der Waals surface area contributed by atoms with E-state index in [4.69, 9.17) is 49.5 Å². The summed E-state index contributed by atoms with van der Waals surface area (Å²) in [5, 5.41) is 27.3. The van der Waals surface area contributed by atoms with Crippen LogP contribution in [0.1, 0.15) is 68.7 Å². The number of amides is 2. The summed E-state index contributed by atoms with van der Waals surface area (Å²) >= 11 is 8.47. The van der Waals surface area contributed by atoms with Gasteiger partial charge in [-0.2, -0.15) is 9.97 Å². The molecule has 25 heteroatoms. The zero-order chi connectivity index (χ0) is 63.4. The second-order valence-corrected chi connectivity index (χ2v) is 24.5. The maximum atomic E-state index is 17.2. The topological polar surface area (TPSA) is 240 Å². The number of halogens is 2. The highest BCUT2D eigenvalue weighted by Crippen LogP contribution is 2.43. The van der Waals surface area contributed by atoms with Crippen LogP contribution in [0.3, 0.4) is 0 Å². The largest absolute Gasteiger partial charge is 0.508 e. The van der Waals surface area contributed by atoms with Gasteiger partial charge in [-0.3, -0.25) is 19.4 Å². The molecule has 0 spiro atoms. The Morgan fingerprint density at radius 2 is 1.63 bits per heavy atom. The molecule has 10 rings (SSSR count). The van der Waals surface area contributed by atoms with Gasteiger partial charge in [0.2, 0.25) is 11.8 Å². The van der Waals surface area contributed by atoms with E-state index in [1.54, 1.807) is 35.5 Å². The van der Waals surface area contributed by atoms with Crippen LogP contribution in [0.15, 0.2) is 89.4 Å². The number of fused-ring (bicyclic) bond motifs is 2. The maximum absolute atomic E-state index is 17.2. The van der Waals surface area contributed by atoms with Crippen molar-refractivity contribution in [3.8, 4) is 39.1 Å². The number of aromatic hydroxyl groups is 1. The van der Waals surface area contributed by atoms with Crippen LogP contribution < -0.4 is 19.8 Å². The number of likely N-dealkylation sites (tertiary alicyclic amines) is 2. The van der Waals surface area contributed by atoms with Crippen molar-refractivity contribution in [1.29, 1.82) is 0 Å². The molecule has 0 unspecified atom stereocenters. The van der Waals surface area contributed by atoms with Crippen molar-refractivity contribution >= 4 is 62.2 Å². The molecule has 4 aromatic carbocycles. The van der Waals surface area contributed by atoms with Gasteiger partial charge in [-0.05, 0) is 91.8 Å². The molecule has 22 nitrogen and oxygen atoms in total. The number of aryl methyl sites for hydroxylation is 2. The number of nitrogens with one attached hydrogen (secondary N) is 1. The van der Waals surface area contributed by atoms with E-state index in [1.807, 2.05) is 75.1 Å². The minimum Gasteiger partial charge on any atom is -0.508 e. The Bertz CT molecular complexity index is 3630. The standard InChI is InChI=1S/C65H78ClFN10O12S/c1-7-57(80)74-18-20-75(21-19-74)63-52-35-53(66)59(51-33-47(78)31-44-10-8-9-11-50(44)51)60(67)61(52)70-65(71-63)88-42(5)37-73-16-14-49(15-17-73)86-28-26-84-24-22-83-23-25-85-27-29-87-54-32-45(62-43(6)68-39-90-62)12-13-46(54)36-69-77(82)56-34-48(79)38-76(56)64(81)58(40(2)3)55-30-41(4)72-89-55/h7-13,30-33,35,39-40,42,48-49,56,58,79H,1,14-29,34,36-38H2,2-6H3,(H-,69,78,82)/p+1/t42-,48-,56-,58+/m1/s1. The van der Waals surface area contributed by atoms with Crippen LogP contribution >= 0.6 is 22.9 Å². The van der Waals surface area contributed by atoms with Crippen LogP contribution in [0.2, 0.25) is 5.02 Å². The SMILES string of the molecule is C=CC(=O)N1CCN(c2nc(O[C@H](C)CN3CCC(OCCOCCOCCOCCOc4cc(-c5scnc5C)ccc4CN[N+](=O)[C@@H]4C[C@@H](O)CN4C(=O)[C@H](c4cc(C)no4)C(C)C)CC3)nc3c(F)c(-c4cc(O)cc5ccccc45)c(Cl)cc23)CC1. The molecule has 0 radical (unpaired) electrons. The van der Waals surface area contributed by atoms with Crippen molar-refractivity contribution in [2.24, 2.45) is 5.92 Å². The number of piperidine rings is 1. The first-order chi connectivity index (χ1) is 43.5. The fourth-order valence-electron chi connectivity index (χ4n) is 11.9. The van der Waals surface area contributed by atoms with Gasteiger partial charge < -0.3 is 53.0 Å². The summed E-state index contributed by atoms with van der Waals surface area (Å²) in [6.45, 7) is 20.0. The van der Waals surface area contributed by atoms with Gasteiger partial charge >= 0.3 is 12.2 Å². The minimum absolute atomic E-state index is 0.0168. The minimum atomic E-state index is -0.948. The molecule has 3 fully saturated rings. The number of carbonyl (C=O) groups excluding carboxylic acids is 2. The number of thiazole rings is 1. The lowest BCUT2D eigenvalue weighted by atomic mass is 9.91. The Morgan fingerprint density at radius 3 is 2.32 bits per heavy atom. The van der Waals surface area contributed by atoms with Gasteiger partial charge in [0.1, 0.15) is 58.6 Å². The molecule has 3 saturated heterocycles. The van der Waals surface area contributed by atoms with Crippen molar-refractivity contribution in [3.05, 3.63) is 123 Å². The quantitative estimate of drug-likeness (QED) is 0.0171. The number of phenolic OH excluding ortho intramolecular Hbond substituents is 1. The summed E-state index contributed by atoms with van der Waals surface area (Å²) in [6, 6.07) is 19.7. The van der Waals surface area contributed by atoms with Crippen molar-refractivity contribution < 1.29 is 62.0 Å². The normalized spacial score (nSPS) is 17.4. The Kier molecular flexibility index (Phi) is 22.3. The van der Waals surface area contributed by atoms with Crippen LogP contribution in [0.5, 0.6) is 17.5 Å². The maximum Gasteiger partial charge on any atom is 0.319 e. The number of hydrogen-bond acceptors (Lipinski definition) is 19. The number of ether oxygens (including phenoxy) is 6. The molecular weight excluding hydrogens is 1200 g/mol. The highest BCUT2D eigenvalue weighted by atomic mass is 35.5. The molecule has 3 aromatic heterocycles. The van der Waals surface area contributed by atoms with Gasteiger partial charge in [-0.15, -0.1) is 16.8 Å². The Labute approximate surface area is 531 Å². The number of hydrazine groups is 1. The van der Waals surface area contributed by atoms with E-state index in [0.29, 0.717) is 122 Å². The predicted octanol–water partition coefficient (Wildman–Crippen LogP) is 9.03. The molecule has 0 bridgehead atoms. The second-order valence-electron chi connectivity index (χ2n) is 23.2. The number of nitrogens with zero attached hydrogens (tertiary/aromatic N) is 9. The number of carbonyl (C=O) groups is 2. The Balaban J connectivity index is 0.632. The van der Waals surface area contributed by atoms with Crippen molar-refractivity contribution in [2.45, 2.75) is 90.8 Å². The second kappa shape index (κ2) is 30.6. The molecule has 0 aliphatic carbocycles. The molecule has 3 aliphatic rings. The molecule has 3 N–H and O–H groups in total. The number of aliphatic hydroxyl groups excluding tert-OH is 1. The van der Waals surface area contributed by atoms with Gasteiger partial charge in [0.15, 0.2) is 5.82 Å². The third-order valence-electron chi connectivity index (χ3n) is 16.4. The molecule has 4 atom stereocenters. The van der Waals surface area contributed by atoms with E-state index in [0.717, 1.165) is 47.5 Å². The molecule has 480 valence electrons. The highest BCUT2D eigenvalue weighted by molar-refractivity contribution is 7.13. The average molecular weight is 1280 g/mol. The number of aromatic nitrogens is 4. The first kappa shape index (κ1) is 65.5. The fraction of sp³-hybridized carbons (Fsp3) is 0.477. The number of β-amino-alcohol motifs (C(OH)–C–C–N with tert-alkyl or cyclic N) is 1. The number of hydrogen-bond donors (Lipinski definition) is 3. The van der Waals surface area contributed by atoms with E-state index >= 15 is 4.39 Å². The smallest absolute Gasteiger partial charge is 0.319 e. The summed E-state index contributed by atoms with van der Waals surface area (Å²) in [7, 11) is 0. The lowest BCUT2D eigenvalue weighted by Gasteiger charge is -2.35. The number of nitroso groups, excluding NO2 is 1. The third-order valence-corrected chi connectivity index (χ3v) is 17.7. The monoisotopic (exact) mass is 1280 g/mol. The highest BCUT2D eigenvalue weighted by Gasteiger charge is 2.48. The number of piperazine rings is 1. The number of aliphatic hydroxyl groups is 1. The first-order valence-electron chi connectivity index (χ1n) is 30.6. The Hall–Kier alpha value is -7.42. The molecule has 90 heavy (non-hydrogen) atoms. The summed E-state index contributed by atoms with van der Waals surface area (Å²) in [5.74, 6) is -0.545. The fourth-order valence-corrected chi connectivity index (χ4v) is 13.0. The Morgan fingerprint density at radius 1 is 0.911 bits per heavy atom. The number of benzene rings is 4. The van der Waals surface area contributed by atoms with Crippen molar-refractivity contribution in [2.75, 3.05) is 110 Å². The molecule has 0 saturated carbocycles. The number of phenols is 1. The van der Waals surface area contributed by atoms with E-state index < -0.39 is 24.0 Å². The van der Waals surface area contributed by atoms with Gasteiger partial charge in [-0.25, -0.2) is 9.37 Å². The molecule has 7 aromatic rings. The molecule has 2 amide bonds. The molecule has 3 aliphatic heterocycles. The summed E-state index contributed by atoms with van der Waals surface area (Å²) in [4.78, 5) is 63.1. The third kappa shape index (κ3) is 16.0. The van der Waals surface area contributed by atoms with Gasteiger partial charge in [-0.1, -0.05) is 73.6 Å². The summed E-state index contributed by atoms with van der Waals surface area (Å²) < 4.78 is 58.9. The summed E-state index contributed by atoms with van der Waals surface area (Å²) in [5.41, 5.74) is 8.45. The van der Waals surface area contributed by atoms with Gasteiger partial charge in [0, 0.05) is 68.4 Å². The van der Waals surface area contributed by atoms with E-state index in [-0.39, 0.29) is 90.5 Å².